The number of ether oxygens (including phenoxy) is 1. The van der Waals surface area contributed by atoms with Crippen molar-refractivity contribution in [2.75, 3.05) is 11.9 Å². The number of carboxylic acids is 1. The molecule has 1 aliphatic heterocycles. The highest BCUT2D eigenvalue weighted by atomic mass is 32.1. The molecule has 10 heteroatoms. The Kier molecular flexibility index (Phi) is 6.53. The molecule has 4 heterocycles. The SMILES string of the molecule is CCCNC(=O)c1ccc(-c2cc3c(cc2C(=O)Nc2ccc4[nH]ccc4c2)-c2cscc2CO3)c(C(=O)O)n1. The zero-order valence-electron chi connectivity index (χ0n) is 21.4. The summed E-state index contributed by atoms with van der Waals surface area (Å²) < 4.78 is 6.01. The first-order valence-corrected chi connectivity index (χ1v) is 13.6. The highest BCUT2D eigenvalue weighted by Gasteiger charge is 2.27. The van der Waals surface area contributed by atoms with Crippen molar-refractivity contribution in [3.05, 3.63) is 88.0 Å². The third-order valence-electron chi connectivity index (χ3n) is 6.75. The maximum absolute atomic E-state index is 13.8. The molecule has 5 aromatic rings. The summed E-state index contributed by atoms with van der Waals surface area (Å²) in [7, 11) is 0. The fourth-order valence-electron chi connectivity index (χ4n) is 4.77. The van der Waals surface area contributed by atoms with Gasteiger partial charge >= 0.3 is 5.97 Å². The number of carbonyl (C=O) groups excluding carboxylic acids is 2. The summed E-state index contributed by atoms with van der Waals surface area (Å²) in [5.74, 6) is -1.67. The van der Waals surface area contributed by atoms with Crippen LogP contribution in [-0.2, 0) is 6.61 Å². The van der Waals surface area contributed by atoms with Crippen molar-refractivity contribution in [3.63, 3.8) is 0 Å². The molecule has 3 aromatic heterocycles. The first-order chi connectivity index (χ1) is 19.4. The predicted octanol–water partition coefficient (Wildman–Crippen LogP) is 5.94. The summed E-state index contributed by atoms with van der Waals surface area (Å²) >= 11 is 1.55. The van der Waals surface area contributed by atoms with Gasteiger partial charge in [0, 0.05) is 62.7 Å². The Morgan fingerprint density at radius 1 is 1.00 bits per heavy atom. The second kappa shape index (κ2) is 10.3. The maximum atomic E-state index is 13.8. The van der Waals surface area contributed by atoms with Crippen LogP contribution in [0.1, 0.15) is 50.2 Å². The molecule has 0 fully saturated rings. The van der Waals surface area contributed by atoms with E-state index in [1.807, 2.05) is 42.1 Å². The van der Waals surface area contributed by atoms with Crippen LogP contribution in [0.5, 0.6) is 5.75 Å². The van der Waals surface area contributed by atoms with E-state index in [-0.39, 0.29) is 22.5 Å². The quantitative estimate of drug-likeness (QED) is 0.197. The Morgan fingerprint density at radius 2 is 1.88 bits per heavy atom. The lowest BCUT2D eigenvalue weighted by Crippen LogP contribution is -2.25. The highest BCUT2D eigenvalue weighted by Crippen LogP contribution is 2.43. The van der Waals surface area contributed by atoms with E-state index in [9.17, 15) is 19.5 Å². The number of anilines is 1. The molecule has 40 heavy (non-hydrogen) atoms. The zero-order chi connectivity index (χ0) is 27.8. The molecule has 0 unspecified atom stereocenters. The predicted molar refractivity (Wildman–Crippen MR) is 153 cm³/mol. The number of fused-ring (bicyclic) bond motifs is 4. The molecule has 4 N–H and O–H groups in total. The van der Waals surface area contributed by atoms with E-state index >= 15 is 0 Å². The standard InChI is InChI=1S/C30H24N4O5S/c1-2-8-32-29(36)25-6-4-19(27(34-25)30(37)38)20-12-26-21(23-15-40-14-17(23)13-39-26)11-22(20)28(35)33-18-3-5-24-16(10-18)7-9-31-24/h3-7,9-12,14-15,31H,2,8,13H2,1H3,(H,32,36)(H,33,35)(H,37,38). The minimum Gasteiger partial charge on any atom is -0.488 e. The molecule has 0 atom stereocenters. The van der Waals surface area contributed by atoms with Crippen molar-refractivity contribution in [2.24, 2.45) is 0 Å². The molecule has 2 amide bonds. The smallest absolute Gasteiger partial charge is 0.355 e. The normalized spacial score (nSPS) is 11.8. The zero-order valence-corrected chi connectivity index (χ0v) is 22.2. The fourth-order valence-corrected chi connectivity index (χ4v) is 5.61. The molecule has 9 nitrogen and oxygen atoms in total. The van der Waals surface area contributed by atoms with Gasteiger partial charge in [-0.2, -0.15) is 11.3 Å². The lowest BCUT2D eigenvalue weighted by atomic mass is 9.91. The van der Waals surface area contributed by atoms with E-state index < -0.39 is 17.8 Å². The topological polar surface area (TPSA) is 133 Å². The number of carbonyl (C=O) groups is 3. The molecule has 0 spiro atoms. The van der Waals surface area contributed by atoms with Crippen LogP contribution < -0.4 is 15.4 Å². The van der Waals surface area contributed by atoms with Crippen LogP contribution in [0.2, 0.25) is 0 Å². The van der Waals surface area contributed by atoms with Gasteiger partial charge in [0.1, 0.15) is 18.1 Å². The first kappa shape index (κ1) is 25.3. The van der Waals surface area contributed by atoms with Crippen molar-refractivity contribution in [2.45, 2.75) is 20.0 Å². The second-order valence-electron chi connectivity index (χ2n) is 9.38. The molecule has 0 saturated heterocycles. The Labute approximate surface area is 232 Å². The number of carboxylic acid groups (broad SMARTS) is 1. The third-order valence-corrected chi connectivity index (χ3v) is 7.54. The molecular formula is C30H24N4O5S. The van der Waals surface area contributed by atoms with Gasteiger partial charge in [-0.3, -0.25) is 9.59 Å². The van der Waals surface area contributed by atoms with Crippen LogP contribution in [0.3, 0.4) is 0 Å². The number of hydrogen-bond donors (Lipinski definition) is 4. The van der Waals surface area contributed by atoms with Gasteiger partial charge in [0.15, 0.2) is 5.69 Å². The van der Waals surface area contributed by atoms with Crippen LogP contribution in [0.4, 0.5) is 5.69 Å². The summed E-state index contributed by atoms with van der Waals surface area (Å²) in [6.07, 6.45) is 2.55. The summed E-state index contributed by atoms with van der Waals surface area (Å²) in [6.45, 7) is 2.73. The van der Waals surface area contributed by atoms with Crippen LogP contribution >= 0.6 is 11.3 Å². The number of pyridine rings is 1. The molecule has 0 radical (unpaired) electrons. The molecule has 0 bridgehead atoms. The molecular weight excluding hydrogens is 528 g/mol. The van der Waals surface area contributed by atoms with Crippen LogP contribution in [0, 0.1) is 0 Å². The van der Waals surface area contributed by atoms with Crippen LogP contribution in [0.15, 0.2) is 65.5 Å². The Morgan fingerprint density at radius 3 is 2.70 bits per heavy atom. The number of aromatic amines is 1. The number of thiophene rings is 1. The van der Waals surface area contributed by atoms with Gasteiger partial charge in [0.25, 0.3) is 11.8 Å². The summed E-state index contributed by atoms with van der Waals surface area (Å²) in [5, 5.41) is 20.7. The van der Waals surface area contributed by atoms with E-state index in [0.717, 1.165) is 34.0 Å². The fraction of sp³-hybridized carbons (Fsp3) is 0.133. The number of aromatic carboxylic acids is 1. The molecule has 200 valence electrons. The van der Waals surface area contributed by atoms with Gasteiger partial charge in [0.2, 0.25) is 0 Å². The van der Waals surface area contributed by atoms with Crippen molar-refractivity contribution < 1.29 is 24.2 Å². The second-order valence-corrected chi connectivity index (χ2v) is 10.1. The number of rotatable bonds is 7. The number of aromatic nitrogens is 2. The van der Waals surface area contributed by atoms with Gasteiger partial charge in [0.05, 0.1) is 0 Å². The number of amides is 2. The summed E-state index contributed by atoms with van der Waals surface area (Å²) in [5.41, 5.74) is 4.71. The Hall–Kier alpha value is -4.96. The van der Waals surface area contributed by atoms with Crippen molar-refractivity contribution in [3.8, 4) is 28.0 Å². The minimum atomic E-state index is -1.32. The van der Waals surface area contributed by atoms with E-state index in [4.69, 9.17) is 4.74 Å². The molecule has 1 aliphatic rings. The summed E-state index contributed by atoms with van der Waals surface area (Å²) in [6, 6.07) is 13.8. The largest absolute Gasteiger partial charge is 0.488 e. The van der Waals surface area contributed by atoms with Crippen molar-refractivity contribution in [1.82, 2.24) is 15.3 Å². The molecule has 0 aliphatic carbocycles. The van der Waals surface area contributed by atoms with Crippen LogP contribution in [0.25, 0.3) is 33.2 Å². The van der Waals surface area contributed by atoms with E-state index in [1.54, 1.807) is 29.5 Å². The lowest BCUT2D eigenvalue weighted by molar-refractivity contribution is 0.0691. The van der Waals surface area contributed by atoms with E-state index in [1.165, 1.54) is 12.1 Å². The molecule has 6 rings (SSSR count). The third kappa shape index (κ3) is 4.58. The first-order valence-electron chi connectivity index (χ1n) is 12.7. The van der Waals surface area contributed by atoms with Gasteiger partial charge in [-0.05, 0) is 65.7 Å². The van der Waals surface area contributed by atoms with Gasteiger partial charge in [-0.1, -0.05) is 6.92 Å². The number of hydrogen-bond acceptors (Lipinski definition) is 6. The van der Waals surface area contributed by atoms with Crippen molar-refractivity contribution in [1.29, 1.82) is 0 Å². The van der Waals surface area contributed by atoms with Gasteiger partial charge < -0.3 is 25.5 Å². The minimum absolute atomic E-state index is 0.0162. The number of benzene rings is 2. The number of nitrogens with zero attached hydrogens (tertiary/aromatic N) is 1. The highest BCUT2D eigenvalue weighted by molar-refractivity contribution is 7.08. The molecule has 2 aromatic carbocycles. The van der Waals surface area contributed by atoms with Gasteiger partial charge in [-0.25, -0.2) is 9.78 Å². The average molecular weight is 553 g/mol. The Bertz CT molecular complexity index is 1810. The average Bonchev–Trinajstić information content (AvgIpc) is 3.64. The van der Waals surface area contributed by atoms with E-state index in [0.29, 0.717) is 30.2 Å². The van der Waals surface area contributed by atoms with Crippen LogP contribution in [-0.4, -0.2) is 39.4 Å². The summed E-state index contributed by atoms with van der Waals surface area (Å²) in [4.78, 5) is 46.0. The van der Waals surface area contributed by atoms with Crippen molar-refractivity contribution >= 4 is 45.7 Å². The lowest BCUT2D eigenvalue weighted by Gasteiger charge is -2.22. The number of nitrogens with one attached hydrogen (secondary N) is 3. The maximum Gasteiger partial charge on any atom is 0.355 e. The monoisotopic (exact) mass is 552 g/mol. The molecule has 0 saturated carbocycles. The van der Waals surface area contributed by atoms with E-state index in [2.05, 4.69) is 20.6 Å². The Balaban J connectivity index is 1.48. The van der Waals surface area contributed by atoms with Gasteiger partial charge in [-0.15, -0.1) is 0 Å². The number of H-pyrrole nitrogens is 1.